The van der Waals surface area contributed by atoms with Crippen molar-refractivity contribution in [1.82, 2.24) is 14.5 Å². The molecule has 1 aliphatic rings. The third-order valence-corrected chi connectivity index (χ3v) is 4.82. The standard InChI is InChI=1S/C22H31N3O5.C2H6/c1-21(2,3)29-19(27)24-11-9-14(17(26)13-24)16-12-25(20(28)30-22(4,5)6)18-15(16)8-7-10-23-18;1-2/h7-8,10,12,14,17,26H,9,11,13H2,1-6H3;1-2H3/t14-,17?;/m0./s1. The van der Waals surface area contributed by atoms with E-state index in [-0.39, 0.29) is 12.5 Å². The Morgan fingerprint density at radius 3 is 2.22 bits per heavy atom. The highest BCUT2D eigenvalue weighted by molar-refractivity contribution is 5.90. The van der Waals surface area contributed by atoms with Gasteiger partial charge in [-0.05, 0) is 65.7 Å². The van der Waals surface area contributed by atoms with Gasteiger partial charge in [0.25, 0.3) is 0 Å². The minimum absolute atomic E-state index is 0.166. The van der Waals surface area contributed by atoms with Gasteiger partial charge in [0.05, 0.1) is 12.6 Å². The zero-order chi connectivity index (χ0) is 24.3. The predicted molar refractivity (Wildman–Crippen MR) is 124 cm³/mol. The van der Waals surface area contributed by atoms with Crippen LogP contribution in [0.5, 0.6) is 0 Å². The average molecular weight is 448 g/mol. The lowest BCUT2D eigenvalue weighted by molar-refractivity contribution is -0.00139. The van der Waals surface area contributed by atoms with Gasteiger partial charge >= 0.3 is 12.2 Å². The average Bonchev–Trinajstić information content (AvgIpc) is 3.06. The molecule has 2 aromatic heterocycles. The van der Waals surface area contributed by atoms with E-state index in [0.29, 0.717) is 18.6 Å². The van der Waals surface area contributed by atoms with E-state index in [4.69, 9.17) is 9.47 Å². The summed E-state index contributed by atoms with van der Waals surface area (Å²) in [5, 5.41) is 11.6. The maximum Gasteiger partial charge on any atom is 0.420 e. The Morgan fingerprint density at radius 2 is 1.66 bits per heavy atom. The summed E-state index contributed by atoms with van der Waals surface area (Å²) in [4.78, 5) is 30.9. The number of aliphatic hydroxyl groups is 1. The van der Waals surface area contributed by atoms with E-state index in [0.717, 1.165) is 10.9 Å². The fraction of sp³-hybridized carbons (Fsp3) is 0.625. The summed E-state index contributed by atoms with van der Waals surface area (Å²) in [5.74, 6) is -0.237. The number of rotatable bonds is 1. The predicted octanol–water partition coefficient (Wildman–Crippen LogP) is 4.93. The second-order valence-corrected chi connectivity index (χ2v) is 9.70. The number of aliphatic hydroxyl groups excluding tert-OH is 1. The molecule has 8 nitrogen and oxygen atoms in total. The number of fused-ring (bicyclic) bond motifs is 1. The molecule has 8 heteroatoms. The van der Waals surface area contributed by atoms with Crippen molar-refractivity contribution in [2.24, 2.45) is 0 Å². The first-order valence-electron chi connectivity index (χ1n) is 11.2. The van der Waals surface area contributed by atoms with Gasteiger partial charge in [-0.3, -0.25) is 0 Å². The monoisotopic (exact) mass is 447 g/mol. The third kappa shape index (κ3) is 6.22. The highest BCUT2D eigenvalue weighted by Gasteiger charge is 2.35. The van der Waals surface area contributed by atoms with Crippen LogP contribution in [0.15, 0.2) is 24.5 Å². The molecule has 2 atom stereocenters. The molecule has 1 amide bonds. The van der Waals surface area contributed by atoms with Crippen molar-refractivity contribution in [2.45, 2.75) is 85.0 Å². The molecule has 0 radical (unpaired) electrons. The first kappa shape index (κ1) is 25.6. The molecule has 0 bridgehead atoms. The maximum absolute atomic E-state index is 12.7. The number of amides is 1. The van der Waals surface area contributed by atoms with Crippen molar-refractivity contribution in [3.8, 4) is 0 Å². The molecule has 1 fully saturated rings. The first-order valence-corrected chi connectivity index (χ1v) is 11.2. The fourth-order valence-corrected chi connectivity index (χ4v) is 3.62. The van der Waals surface area contributed by atoms with E-state index in [1.807, 2.05) is 40.7 Å². The Bertz CT molecular complexity index is 939. The molecule has 2 aromatic rings. The molecule has 178 valence electrons. The van der Waals surface area contributed by atoms with E-state index in [1.54, 1.807) is 39.2 Å². The largest absolute Gasteiger partial charge is 0.444 e. The molecule has 3 heterocycles. The Morgan fingerprint density at radius 1 is 1.06 bits per heavy atom. The van der Waals surface area contributed by atoms with Crippen molar-refractivity contribution in [1.29, 1.82) is 0 Å². The third-order valence-electron chi connectivity index (χ3n) is 4.82. The topological polar surface area (TPSA) is 93.9 Å². The van der Waals surface area contributed by atoms with Crippen molar-refractivity contribution < 1.29 is 24.2 Å². The van der Waals surface area contributed by atoms with Gasteiger partial charge in [-0.25, -0.2) is 19.1 Å². The Labute approximate surface area is 190 Å². The molecule has 0 aromatic carbocycles. The van der Waals surface area contributed by atoms with Crippen LogP contribution in [0.4, 0.5) is 9.59 Å². The van der Waals surface area contributed by atoms with Crippen molar-refractivity contribution in [3.63, 3.8) is 0 Å². The van der Waals surface area contributed by atoms with Crippen LogP contribution in [0, 0.1) is 0 Å². The fourth-order valence-electron chi connectivity index (χ4n) is 3.62. The van der Waals surface area contributed by atoms with Crippen LogP contribution in [-0.2, 0) is 9.47 Å². The number of carbonyl (C=O) groups excluding carboxylic acids is 2. The number of nitrogens with zero attached hydrogens (tertiary/aromatic N) is 3. The number of ether oxygens (including phenoxy) is 2. The van der Waals surface area contributed by atoms with Gasteiger partial charge in [-0.15, -0.1) is 0 Å². The number of carbonyl (C=O) groups is 2. The van der Waals surface area contributed by atoms with Crippen LogP contribution >= 0.6 is 0 Å². The quantitative estimate of drug-likeness (QED) is 0.666. The minimum Gasteiger partial charge on any atom is -0.444 e. The number of hydrogen-bond donors (Lipinski definition) is 1. The highest BCUT2D eigenvalue weighted by Crippen LogP contribution is 2.35. The van der Waals surface area contributed by atoms with Gasteiger partial charge in [0.1, 0.15) is 16.8 Å². The molecule has 32 heavy (non-hydrogen) atoms. The maximum atomic E-state index is 12.7. The van der Waals surface area contributed by atoms with E-state index in [9.17, 15) is 14.7 Å². The summed E-state index contributed by atoms with van der Waals surface area (Å²) in [5.41, 5.74) is 0.0792. The molecule has 3 rings (SSSR count). The van der Waals surface area contributed by atoms with Gasteiger partial charge in [-0.2, -0.15) is 0 Å². The molecule has 0 saturated carbocycles. The number of β-amino-alcohol motifs (C(OH)–C–C–N with tert-alkyl or cyclic N) is 1. The highest BCUT2D eigenvalue weighted by atomic mass is 16.6. The summed E-state index contributed by atoms with van der Waals surface area (Å²) in [6.45, 7) is 15.5. The van der Waals surface area contributed by atoms with Crippen molar-refractivity contribution >= 4 is 23.2 Å². The van der Waals surface area contributed by atoms with E-state index < -0.39 is 29.5 Å². The summed E-state index contributed by atoms with van der Waals surface area (Å²) >= 11 is 0. The summed E-state index contributed by atoms with van der Waals surface area (Å²) in [7, 11) is 0. The normalized spacial score (nSPS) is 19.2. The number of hydrogen-bond acceptors (Lipinski definition) is 6. The van der Waals surface area contributed by atoms with Crippen LogP contribution in [0.2, 0.25) is 0 Å². The van der Waals surface area contributed by atoms with Gasteiger partial charge < -0.3 is 19.5 Å². The summed E-state index contributed by atoms with van der Waals surface area (Å²) in [6, 6.07) is 3.68. The smallest absolute Gasteiger partial charge is 0.420 e. The number of piperidine rings is 1. The van der Waals surface area contributed by atoms with Crippen LogP contribution in [0.1, 0.15) is 73.3 Å². The van der Waals surface area contributed by atoms with E-state index >= 15 is 0 Å². The Balaban J connectivity index is 0.00000176. The molecule has 1 saturated heterocycles. The zero-order valence-electron chi connectivity index (χ0n) is 20.5. The molecule has 1 N–H and O–H groups in total. The van der Waals surface area contributed by atoms with Crippen LogP contribution in [0.25, 0.3) is 11.0 Å². The van der Waals surface area contributed by atoms with Crippen molar-refractivity contribution in [3.05, 3.63) is 30.1 Å². The molecule has 0 aliphatic carbocycles. The van der Waals surface area contributed by atoms with Gasteiger partial charge in [0, 0.05) is 30.2 Å². The van der Waals surface area contributed by atoms with Crippen molar-refractivity contribution in [2.75, 3.05) is 13.1 Å². The second-order valence-electron chi connectivity index (χ2n) is 9.70. The molecule has 0 spiro atoms. The Kier molecular flexibility index (Phi) is 7.93. The molecule has 1 aliphatic heterocycles. The zero-order valence-corrected chi connectivity index (χ0v) is 20.5. The van der Waals surface area contributed by atoms with Gasteiger partial charge in [-0.1, -0.05) is 13.8 Å². The number of aromatic nitrogens is 2. The lowest BCUT2D eigenvalue weighted by Crippen LogP contribution is -2.47. The lowest BCUT2D eigenvalue weighted by Gasteiger charge is -2.36. The molecule has 1 unspecified atom stereocenters. The number of likely N-dealkylation sites (tertiary alicyclic amines) is 1. The SMILES string of the molecule is CC.CC(C)(C)OC(=O)N1CC[C@@H](c2cn(C(=O)OC(C)(C)C)c3ncccc23)C(O)C1. The van der Waals surface area contributed by atoms with Gasteiger partial charge in [0.15, 0.2) is 0 Å². The van der Waals surface area contributed by atoms with E-state index in [1.165, 1.54) is 9.47 Å². The van der Waals surface area contributed by atoms with Crippen LogP contribution in [-0.4, -0.2) is 62.1 Å². The second kappa shape index (κ2) is 9.90. The minimum atomic E-state index is -0.788. The lowest BCUT2D eigenvalue weighted by atomic mass is 9.87. The van der Waals surface area contributed by atoms with Crippen LogP contribution < -0.4 is 0 Å². The Hall–Kier alpha value is -2.61. The first-order chi connectivity index (χ1) is 14.9. The van der Waals surface area contributed by atoms with E-state index in [2.05, 4.69) is 4.98 Å². The molecular formula is C24H37N3O5. The summed E-state index contributed by atoms with van der Waals surface area (Å²) in [6.07, 6.45) is 2.13. The van der Waals surface area contributed by atoms with Gasteiger partial charge in [0.2, 0.25) is 0 Å². The summed E-state index contributed by atoms with van der Waals surface area (Å²) < 4.78 is 12.3. The van der Waals surface area contributed by atoms with Crippen LogP contribution in [0.3, 0.4) is 0 Å². The number of pyridine rings is 1. The molecular weight excluding hydrogens is 410 g/mol.